The minimum atomic E-state index is -1.76. The Kier molecular flexibility index (Phi) is 5.28. The number of allylic oxidation sites excluding steroid dienone is 2. The predicted octanol–water partition coefficient (Wildman–Crippen LogP) is 4.91. The molecule has 3 heterocycles. The molecule has 7 nitrogen and oxygen atoms in total. The number of aryl methyl sites for hydroxylation is 1. The van der Waals surface area contributed by atoms with Gasteiger partial charge < -0.3 is 16.0 Å². The van der Waals surface area contributed by atoms with Crippen molar-refractivity contribution in [1.29, 1.82) is 0 Å². The van der Waals surface area contributed by atoms with Crippen molar-refractivity contribution in [3.63, 3.8) is 0 Å². The molecule has 0 spiro atoms. The largest absolute Gasteiger partial charge is 0.352 e. The van der Waals surface area contributed by atoms with E-state index in [1.54, 1.807) is 22.6 Å². The van der Waals surface area contributed by atoms with Gasteiger partial charge in [0, 0.05) is 22.6 Å². The molecule has 0 radical (unpaired) electrons. The maximum atomic E-state index is 16.6. The van der Waals surface area contributed by atoms with Crippen LogP contribution in [0.1, 0.15) is 76.5 Å². The van der Waals surface area contributed by atoms with Crippen molar-refractivity contribution in [2.45, 2.75) is 77.9 Å². The van der Waals surface area contributed by atoms with Gasteiger partial charge >= 0.3 is 6.03 Å². The van der Waals surface area contributed by atoms with Crippen LogP contribution in [-0.4, -0.2) is 32.2 Å². The van der Waals surface area contributed by atoms with Gasteiger partial charge in [-0.15, -0.1) is 0 Å². The number of nitrogens with one attached hydrogen (secondary N) is 1. The molecule has 9 heteroatoms. The number of primary amides is 1. The maximum Gasteiger partial charge on any atom is 0.313 e. The van der Waals surface area contributed by atoms with Gasteiger partial charge in [-0.3, -0.25) is 4.79 Å². The molecule has 3 N–H and O–H groups in total. The van der Waals surface area contributed by atoms with E-state index in [9.17, 15) is 9.59 Å². The first-order valence-electron chi connectivity index (χ1n) is 12.6. The molecule has 1 aromatic carbocycles. The van der Waals surface area contributed by atoms with Gasteiger partial charge in [0.1, 0.15) is 17.2 Å². The minimum absolute atomic E-state index is 0.0304. The van der Waals surface area contributed by atoms with Gasteiger partial charge in [0.15, 0.2) is 0 Å². The number of hydrogen-bond donors (Lipinski definition) is 2. The smallest absolute Gasteiger partial charge is 0.313 e. The average molecular weight is 510 g/mol. The van der Waals surface area contributed by atoms with Crippen molar-refractivity contribution in [1.82, 2.24) is 20.0 Å². The zero-order valence-corrected chi connectivity index (χ0v) is 22.3. The van der Waals surface area contributed by atoms with Crippen LogP contribution in [0.5, 0.6) is 0 Å². The van der Waals surface area contributed by atoms with Gasteiger partial charge in [-0.05, 0) is 45.8 Å². The number of urea groups is 1. The highest BCUT2D eigenvalue weighted by atomic mass is 19.1. The Morgan fingerprint density at radius 3 is 2.46 bits per heavy atom. The third-order valence-corrected chi connectivity index (χ3v) is 8.22. The zero-order valence-electron chi connectivity index (χ0n) is 22.3. The quantitative estimate of drug-likeness (QED) is 0.616. The van der Waals surface area contributed by atoms with Crippen molar-refractivity contribution < 1.29 is 18.4 Å². The summed E-state index contributed by atoms with van der Waals surface area (Å²) in [6.45, 7) is 12.8. The van der Waals surface area contributed by atoms with Gasteiger partial charge in [0.25, 0.3) is 0 Å². The molecule has 196 valence electrons. The van der Waals surface area contributed by atoms with E-state index < -0.39 is 34.2 Å². The number of carbonyl (C=O) groups is 2. The Balaban J connectivity index is 1.87. The minimum Gasteiger partial charge on any atom is -0.352 e. The number of fused-ring (bicyclic) bond motifs is 8. The SMILES string of the molecule is CCc1cccc2c1-n1nc3c(c1C1(C)C(F)=CC(C)(NC(N)=O)C(F)=C21)CN(C(=O)C(C)C)C3(C)C. The second-order valence-electron chi connectivity index (χ2n) is 11.4. The summed E-state index contributed by atoms with van der Waals surface area (Å²) in [5.74, 6) is -1.56. The summed E-state index contributed by atoms with van der Waals surface area (Å²) in [6.07, 6.45) is 1.74. The van der Waals surface area contributed by atoms with Crippen molar-refractivity contribution in [3.8, 4) is 5.69 Å². The monoisotopic (exact) mass is 509 g/mol. The highest BCUT2D eigenvalue weighted by molar-refractivity contribution is 5.91. The lowest BCUT2D eigenvalue weighted by Gasteiger charge is -2.44. The molecule has 3 amide bonds. The molecule has 2 aromatic rings. The Hall–Kier alpha value is -3.49. The highest BCUT2D eigenvalue weighted by Crippen LogP contribution is 2.59. The third-order valence-electron chi connectivity index (χ3n) is 8.22. The van der Waals surface area contributed by atoms with E-state index >= 15 is 8.78 Å². The fourth-order valence-corrected chi connectivity index (χ4v) is 6.27. The molecular weight excluding hydrogens is 476 g/mol. The van der Waals surface area contributed by atoms with Crippen LogP contribution >= 0.6 is 0 Å². The van der Waals surface area contributed by atoms with Crippen LogP contribution in [0.3, 0.4) is 0 Å². The van der Waals surface area contributed by atoms with Crippen LogP contribution in [-0.2, 0) is 28.7 Å². The van der Waals surface area contributed by atoms with E-state index in [1.165, 1.54) is 6.92 Å². The number of rotatable bonds is 3. The van der Waals surface area contributed by atoms with Crippen LogP contribution in [0.4, 0.5) is 13.6 Å². The number of benzene rings is 1. The summed E-state index contributed by atoms with van der Waals surface area (Å²) >= 11 is 0. The lowest BCUT2D eigenvalue weighted by molar-refractivity contribution is -0.140. The first-order chi connectivity index (χ1) is 17.2. The van der Waals surface area contributed by atoms with Crippen molar-refractivity contribution in [2.75, 3.05) is 0 Å². The number of halogens is 2. The number of aromatic nitrogens is 2. The topological polar surface area (TPSA) is 93.2 Å². The summed E-state index contributed by atoms with van der Waals surface area (Å²) in [5, 5.41) is 7.38. The number of nitrogens with zero attached hydrogens (tertiary/aromatic N) is 3. The van der Waals surface area contributed by atoms with Gasteiger partial charge in [0.05, 0.1) is 34.6 Å². The Labute approximate surface area is 215 Å². The molecule has 0 fully saturated rings. The van der Waals surface area contributed by atoms with Crippen LogP contribution in [0.25, 0.3) is 11.3 Å². The molecule has 2 atom stereocenters. The number of amides is 3. The summed E-state index contributed by atoms with van der Waals surface area (Å²) in [4.78, 5) is 26.7. The van der Waals surface area contributed by atoms with Crippen LogP contribution in [0, 0.1) is 5.92 Å². The number of para-hydroxylation sites is 1. The second kappa shape index (κ2) is 7.76. The first kappa shape index (κ1) is 25.2. The van der Waals surface area contributed by atoms with Crippen LogP contribution in [0.15, 0.2) is 35.9 Å². The fourth-order valence-electron chi connectivity index (χ4n) is 6.27. The third kappa shape index (κ3) is 3.12. The van der Waals surface area contributed by atoms with E-state index in [0.29, 0.717) is 29.1 Å². The normalized spacial score (nSPS) is 25.4. The molecular formula is C28H33F2N5O2. The Bertz CT molecular complexity index is 1440. The number of carbonyl (C=O) groups excluding carboxylic acids is 2. The molecule has 0 bridgehead atoms. The van der Waals surface area contributed by atoms with E-state index in [0.717, 1.165) is 17.2 Å². The van der Waals surface area contributed by atoms with Crippen LogP contribution < -0.4 is 11.1 Å². The van der Waals surface area contributed by atoms with Gasteiger partial charge in [-0.1, -0.05) is 39.0 Å². The standard InChI is InChI=1S/C28H33F2N5O2/c1-8-15-10-9-11-16-19-21(30)27(6,32-25(31)37)12-18(29)28(19,7)23-17-13-34(24(36)14(2)3)26(4,5)22(17)33-35(23)20(15)16/h9-12,14H,8,13H2,1-7H3,(H3,31,32,37). The van der Waals surface area contributed by atoms with E-state index in [2.05, 4.69) is 5.32 Å². The molecule has 37 heavy (non-hydrogen) atoms. The van der Waals surface area contributed by atoms with Gasteiger partial charge in [-0.25, -0.2) is 18.3 Å². The maximum absolute atomic E-state index is 16.6. The fraction of sp³-hybridized carbons (Fsp3) is 0.464. The van der Waals surface area contributed by atoms with Crippen molar-refractivity contribution in [3.05, 3.63) is 64.0 Å². The summed E-state index contributed by atoms with van der Waals surface area (Å²) in [5.41, 5.74) is 5.48. The van der Waals surface area contributed by atoms with E-state index in [1.807, 2.05) is 46.8 Å². The molecule has 1 aliphatic carbocycles. The van der Waals surface area contributed by atoms with Gasteiger partial charge in [0.2, 0.25) is 5.91 Å². The first-order valence-corrected chi connectivity index (χ1v) is 12.6. The average Bonchev–Trinajstić information content (AvgIpc) is 3.31. The molecule has 2 unspecified atom stereocenters. The van der Waals surface area contributed by atoms with Crippen molar-refractivity contribution >= 4 is 17.5 Å². The lowest BCUT2D eigenvalue weighted by Crippen LogP contribution is -2.52. The zero-order chi connectivity index (χ0) is 27.2. The predicted molar refractivity (Wildman–Crippen MR) is 137 cm³/mol. The summed E-state index contributed by atoms with van der Waals surface area (Å²) in [6, 6.07) is 4.58. The Morgan fingerprint density at radius 1 is 1.19 bits per heavy atom. The molecule has 0 saturated carbocycles. The lowest BCUT2D eigenvalue weighted by atomic mass is 9.65. The molecule has 0 saturated heterocycles. The number of nitrogens with two attached hydrogens (primary N) is 1. The highest BCUT2D eigenvalue weighted by Gasteiger charge is 2.57. The van der Waals surface area contributed by atoms with E-state index in [-0.39, 0.29) is 23.9 Å². The summed E-state index contributed by atoms with van der Waals surface area (Å²) < 4.78 is 34.8. The van der Waals surface area contributed by atoms with Crippen LogP contribution in [0.2, 0.25) is 0 Å². The van der Waals surface area contributed by atoms with Gasteiger partial charge in [-0.2, -0.15) is 5.10 Å². The number of hydrogen-bond acceptors (Lipinski definition) is 3. The van der Waals surface area contributed by atoms with E-state index in [4.69, 9.17) is 10.8 Å². The molecule has 5 rings (SSSR count). The summed E-state index contributed by atoms with van der Waals surface area (Å²) in [7, 11) is 0. The molecule has 3 aliphatic rings. The van der Waals surface area contributed by atoms with Crippen molar-refractivity contribution in [2.24, 2.45) is 11.7 Å². The molecule has 2 aliphatic heterocycles. The Morgan fingerprint density at radius 2 is 1.86 bits per heavy atom. The molecule has 1 aromatic heterocycles. The second-order valence-corrected chi connectivity index (χ2v) is 11.4.